The van der Waals surface area contributed by atoms with Gasteiger partial charge in [-0.3, -0.25) is 9.59 Å². The van der Waals surface area contributed by atoms with Crippen LogP contribution in [0, 0.1) is 6.92 Å². The molecule has 2 amide bonds. The lowest BCUT2D eigenvalue weighted by molar-refractivity contribution is -0.128. The summed E-state index contributed by atoms with van der Waals surface area (Å²) in [5.74, 6) is -0.660. The Balaban J connectivity index is 1.78. The zero-order valence-electron chi connectivity index (χ0n) is 12.6. The van der Waals surface area contributed by atoms with Gasteiger partial charge in [0.05, 0.1) is 29.3 Å². The molecule has 0 unspecified atom stereocenters. The molecule has 0 aromatic heterocycles. The third-order valence-corrected chi connectivity index (χ3v) is 4.18. The standard InChI is InChI=1S/C16H21ClN2O3/c1-11-4-5-13(12(17)8-11)19-15(21)10-18-14(20)9-16(22)6-2-3-7-16/h4-5,8,22H,2-3,6-7,9-10H2,1H3,(H,18,20)(H,19,21). The number of carbonyl (C=O) groups excluding carboxylic acids is 2. The highest BCUT2D eigenvalue weighted by atomic mass is 35.5. The first-order valence-corrected chi connectivity index (χ1v) is 7.81. The SMILES string of the molecule is Cc1ccc(NC(=O)CNC(=O)CC2(O)CCCC2)c(Cl)c1. The molecule has 22 heavy (non-hydrogen) atoms. The summed E-state index contributed by atoms with van der Waals surface area (Å²) >= 11 is 6.03. The van der Waals surface area contributed by atoms with E-state index in [1.165, 1.54) is 0 Å². The monoisotopic (exact) mass is 324 g/mol. The van der Waals surface area contributed by atoms with Crippen LogP contribution >= 0.6 is 11.6 Å². The number of aryl methyl sites for hydroxylation is 1. The van der Waals surface area contributed by atoms with Crippen LogP contribution in [-0.4, -0.2) is 29.1 Å². The van der Waals surface area contributed by atoms with E-state index < -0.39 is 5.60 Å². The van der Waals surface area contributed by atoms with Gasteiger partial charge in [-0.25, -0.2) is 0 Å². The lowest BCUT2D eigenvalue weighted by Gasteiger charge is -2.21. The average molecular weight is 325 g/mol. The predicted molar refractivity (Wildman–Crippen MR) is 85.9 cm³/mol. The van der Waals surface area contributed by atoms with Gasteiger partial charge in [-0.05, 0) is 37.5 Å². The van der Waals surface area contributed by atoms with E-state index in [1.807, 2.05) is 13.0 Å². The van der Waals surface area contributed by atoms with Crippen molar-refractivity contribution in [3.05, 3.63) is 28.8 Å². The van der Waals surface area contributed by atoms with Gasteiger partial charge in [0.1, 0.15) is 0 Å². The molecule has 6 heteroatoms. The van der Waals surface area contributed by atoms with Crippen LogP contribution in [0.2, 0.25) is 5.02 Å². The van der Waals surface area contributed by atoms with Crippen LogP contribution < -0.4 is 10.6 Å². The van der Waals surface area contributed by atoms with Crippen LogP contribution in [-0.2, 0) is 9.59 Å². The maximum atomic E-state index is 11.8. The fourth-order valence-corrected chi connectivity index (χ4v) is 2.95. The molecule has 5 nitrogen and oxygen atoms in total. The van der Waals surface area contributed by atoms with E-state index >= 15 is 0 Å². The summed E-state index contributed by atoms with van der Waals surface area (Å²) in [6, 6.07) is 5.32. The molecule has 120 valence electrons. The number of amides is 2. The van der Waals surface area contributed by atoms with Gasteiger partial charge in [-0.2, -0.15) is 0 Å². The minimum atomic E-state index is -0.902. The number of hydrogen-bond acceptors (Lipinski definition) is 3. The quantitative estimate of drug-likeness (QED) is 0.778. The van der Waals surface area contributed by atoms with Crippen LogP contribution in [0.4, 0.5) is 5.69 Å². The van der Waals surface area contributed by atoms with Crippen LogP contribution in [0.15, 0.2) is 18.2 Å². The van der Waals surface area contributed by atoms with Gasteiger partial charge in [-0.1, -0.05) is 30.5 Å². The minimum Gasteiger partial charge on any atom is -0.389 e. The molecule has 0 spiro atoms. The molecule has 0 bridgehead atoms. The van der Waals surface area contributed by atoms with Gasteiger partial charge < -0.3 is 15.7 Å². The third-order valence-electron chi connectivity index (χ3n) is 3.87. The highest BCUT2D eigenvalue weighted by Gasteiger charge is 2.33. The molecule has 0 aliphatic heterocycles. The van der Waals surface area contributed by atoms with Crippen molar-refractivity contribution in [2.75, 3.05) is 11.9 Å². The fraction of sp³-hybridized carbons (Fsp3) is 0.500. The lowest BCUT2D eigenvalue weighted by Crippen LogP contribution is -2.38. The third kappa shape index (κ3) is 4.71. The second kappa shape index (κ2) is 7.11. The van der Waals surface area contributed by atoms with Crippen LogP contribution in [0.25, 0.3) is 0 Å². The number of nitrogens with one attached hydrogen (secondary N) is 2. The molecule has 2 rings (SSSR count). The summed E-state index contributed by atoms with van der Waals surface area (Å²) in [5.41, 5.74) is 0.614. The first-order chi connectivity index (χ1) is 10.4. The van der Waals surface area contributed by atoms with E-state index in [2.05, 4.69) is 10.6 Å². The van der Waals surface area contributed by atoms with Crippen molar-refractivity contribution in [1.82, 2.24) is 5.32 Å². The molecule has 1 aromatic rings. The van der Waals surface area contributed by atoms with E-state index in [0.29, 0.717) is 23.6 Å². The van der Waals surface area contributed by atoms with Crippen LogP contribution in [0.3, 0.4) is 0 Å². The number of aliphatic hydroxyl groups is 1. The fourth-order valence-electron chi connectivity index (χ4n) is 2.67. The van der Waals surface area contributed by atoms with E-state index in [1.54, 1.807) is 12.1 Å². The molecule has 1 saturated carbocycles. The molecule has 1 aromatic carbocycles. The average Bonchev–Trinajstić information content (AvgIpc) is 2.86. The Morgan fingerprint density at radius 1 is 1.27 bits per heavy atom. The number of halogens is 1. The Morgan fingerprint density at radius 2 is 1.95 bits per heavy atom. The second-order valence-corrected chi connectivity index (χ2v) is 6.32. The Hall–Kier alpha value is -1.59. The van der Waals surface area contributed by atoms with E-state index in [0.717, 1.165) is 18.4 Å². The molecule has 0 atom stereocenters. The summed E-state index contributed by atoms with van der Waals surface area (Å²) in [6.07, 6.45) is 3.22. The summed E-state index contributed by atoms with van der Waals surface area (Å²) in [5, 5.41) is 15.8. The van der Waals surface area contributed by atoms with Gasteiger partial charge >= 0.3 is 0 Å². The summed E-state index contributed by atoms with van der Waals surface area (Å²) < 4.78 is 0. The van der Waals surface area contributed by atoms with Gasteiger partial charge in [0.2, 0.25) is 11.8 Å². The lowest BCUT2D eigenvalue weighted by atomic mass is 9.98. The normalized spacial score (nSPS) is 16.3. The van der Waals surface area contributed by atoms with Crippen molar-refractivity contribution < 1.29 is 14.7 Å². The van der Waals surface area contributed by atoms with E-state index in [9.17, 15) is 14.7 Å². The van der Waals surface area contributed by atoms with Gasteiger partial charge in [0.15, 0.2) is 0 Å². The number of benzene rings is 1. The first-order valence-electron chi connectivity index (χ1n) is 7.43. The molecule has 1 aliphatic carbocycles. The van der Waals surface area contributed by atoms with Crippen molar-refractivity contribution in [3.8, 4) is 0 Å². The zero-order chi connectivity index (χ0) is 16.2. The van der Waals surface area contributed by atoms with Crippen molar-refractivity contribution in [1.29, 1.82) is 0 Å². The van der Waals surface area contributed by atoms with Gasteiger partial charge in [0, 0.05) is 0 Å². The molecule has 1 fully saturated rings. The Bertz CT molecular complexity index is 569. The Morgan fingerprint density at radius 3 is 2.59 bits per heavy atom. The number of hydrogen-bond donors (Lipinski definition) is 3. The van der Waals surface area contributed by atoms with Crippen LogP contribution in [0.5, 0.6) is 0 Å². The smallest absolute Gasteiger partial charge is 0.243 e. The highest BCUT2D eigenvalue weighted by molar-refractivity contribution is 6.33. The van der Waals surface area contributed by atoms with Crippen molar-refractivity contribution in [3.63, 3.8) is 0 Å². The summed E-state index contributed by atoms with van der Waals surface area (Å²) in [6.45, 7) is 1.77. The Kier molecular flexibility index (Phi) is 5.42. The molecule has 3 N–H and O–H groups in total. The molecular weight excluding hydrogens is 304 g/mol. The minimum absolute atomic E-state index is 0.0472. The Labute approximate surface area is 135 Å². The number of carbonyl (C=O) groups is 2. The molecule has 1 aliphatic rings. The maximum Gasteiger partial charge on any atom is 0.243 e. The zero-order valence-corrected chi connectivity index (χ0v) is 13.4. The summed E-state index contributed by atoms with van der Waals surface area (Å²) in [4.78, 5) is 23.6. The largest absolute Gasteiger partial charge is 0.389 e. The van der Waals surface area contributed by atoms with E-state index in [-0.39, 0.29) is 24.8 Å². The van der Waals surface area contributed by atoms with Crippen molar-refractivity contribution in [2.24, 2.45) is 0 Å². The molecule has 0 radical (unpaired) electrons. The number of rotatable bonds is 5. The van der Waals surface area contributed by atoms with Crippen molar-refractivity contribution in [2.45, 2.75) is 44.6 Å². The molecule has 0 saturated heterocycles. The van der Waals surface area contributed by atoms with E-state index in [4.69, 9.17) is 11.6 Å². The first kappa shape index (κ1) is 16.8. The summed E-state index contributed by atoms with van der Waals surface area (Å²) in [7, 11) is 0. The maximum absolute atomic E-state index is 11.8. The molecular formula is C16H21ClN2O3. The predicted octanol–water partition coefficient (Wildman–Crippen LogP) is 2.40. The van der Waals surface area contributed by atoms with Gasteiger partial charge in [-0.15, -0.1) is 0 Å². The second-order valence-electron chi connectivity index (χ2n) is 5.92. The topological polar surface area (TPSA) is 78.4 Å². The number of anilines is 1. The van der Waals surface area contributed by atoms with Gasteiger partial charge in [0.25, 0.3) is 0 Å². The highest BCUT2D eigenvalue weighted by Crippen LogP contribution is 2.32. The van der Waals surface area contributed by atoms with Crippen molar-refractivity contribution >= 4 is 29.1 Å². The molecule has 0 heterocycles. The van der Waals surface area contributed by atoms with Crippen LogP contribution in [0.1, 0.15) is 37.7 Å².